The molecule has 0 aliphatic rings. The number of hydrogen-bond donors (Lipinski definition) is 2. The molecule has 0 aromatic carbocycles. The Balaban J connectivity index is 2.05. The monoisotopic (exact) mass is 344 g/mol. The van der Waals surface area contributed by atoms with Crippen LogP contribution in [0, 0.1) is 0 Å². The maximum absolute atomic E-state index is 12.4. The predicted octanol–water partition coefficient (Wildman–Crippen LogP) is 3.35. The summed E-state index contributed by atoms with van der Waals surface area (Å²) in [7, 11) is -3.47. The smallest absolute Gasteiger partial charge is 0.241 e. The zero-order chi connectivity index (χ0) is 15.5. The second-order valence-electron chi connectivity index (χ2n) is 5.18. The van der Waals surface area contributed by atoms with Crippen molar-refractivity contribution in [3.05, 3.63) is 38.7 Å². The topological polar surface area (TPSA) is 58.2 Å². The maximum atomic E-state index is 12.4. The van der Waals surface area contributed by atoms with Crippen LogP contribution in [0.15, 0.2) is 33.2 Å². The maximum Gasteiger partial charge on any atom is 0.241 e. The third-order valence-corrected chi connectivity index (χ3v) is 6.31. The fraction of sp³-hybridized carbons (Fsp3) is 0.429. The van der Waals surface area contributed by atoms with Gasteiger partial charge in [-0.05, 0) is 35.4 Å². The minimum atomic E-state index is -3.47. The molecule has 0 aliphatic carbocycles. The molecule has 0 aliphatic heterocycles. The second kappa shape index (κ2) is 7.02. The summed E-state index contributed by atoms with van der Waals surface area (Å²) in [4.78, 5) is 1.36. The van der Waals surface area contributed by atoms with Gasteiger partial charge in [0.25, 0.3) is 0 Å². The van der Waals surface area contributed by atoms with Gasteiger partial charge >= 0.3 is 0 Å². The molecule has 0 spiro atoms. The first-order valence-corrected chi connectivity index (χ1v) is 10.0. The van der Waals surface area contributed by atoms with Crippen LogP contribution in [0.4, 0.5) is 0 Å². The lowest BCUT2D eigenvalue weighted by Gasteiger charge is -2.12. The van der Waals surface area contributed by atoms with E-state index in [2.05, 4.69) is 23.9 Å². The van der Waals surface area contributed by atoms with Crippen LogP contribution in [0.3, 0.4) is 0 Å². The molecule has 116 valence electrons. The Labute approximate surface area is 134 Å². The van der Waals surface area contributed by atoms with Crippen molar-refractivity contribution in [2.24, 2.45) is 0 Å². The fourth-order valence-corrected chi connectivity index (χ4v) is 5.00. The normalized spacial score (nSPS) is 13.7. The molecule has 2 N–H and O–H groups in total. The highest BCUT2D eigenvalue weighted by molar-refractivity contribution is 7.89. The van der Waals surface area contributed by atoms with Crippen LogP contribution < -0.4 is 10.0 Å². The van der Waals surface area contributed by atoms with Crippen molar-refractivity contribution in [1.82, 2.24) is 10.0 Å². The van der Waals surface area contributed by atoms with Crippen molar-refractivity contribution < 1.29 is 8.42 Å². The molecule has 1 atom stereocenters. The summed E-state index contributed by atoms with van der Waals surface area (Å²) < 4.78 is 27.5. The van der Waals surface area contributed by atoms with E-state index >= 15 is 0 Å². The highest BCUT2D eigenvalue weighted by Crippen LogP contribution is 2.22. The Morgan fingerprint density at radius 2 is 2.00 bits per heavy atom. The molecule has 0 bridgehead atoms. The van der Waals surface area contributed by atoms with E-state index in [-0.39, 0.29) is 6.04 Å². The van der Waals surface area contributed by atoms with Gasteiger partial charge in [-0.2, -0.15) is 11.3 Å². The Hall–Kier alpha value is -0.730. The zero-order valence-corrected chi connectivity index (χ0v) is 14.7. The van der Waals surface area contributed by atoms with Gasteiger partial charge in [-0.25, -0.2) is 13.1 Å². The molecule has 0 fully saturated rings. The molecule has 2 aromatic heterocycles. The zero-order valence-electron chi connectivity index (χ0n) is 12.3. The first kappa shape index (κ1) is 16.6. The van der Waals surface area contributed by atoms with Crippen molar-refractivity contribution in [2.45, 2.75) is 44.3 Å². The van der Waals surface area contributed by atoms with E-state index < -0.39 is 10.0 Å². The molecule has 21 heavy (non-hydrogen) atoms. The van der Waals surface area contributed by atoms with Gasteiger partial charge in [-0.15, -0.1) is 11.3 Å². The summed E-state index contributed by atoms with van der Waals surface area (Å²) in [5.74, 6) is 0. The second-order valence-corrected chi connectivity index (χ2v) is 8.67. The molecule has 2 aromatic rings. The lowest BCUT2D eigenvalue weighted by molar-refractivity contribution is 0.567. The molecular weight excluding hydrogens is 324 g/mol. The third-order valence-electron chi connectivity index (χ3n) is 3.00. The molecule has 0 radical (unpaired) electrons. The van der Waals surface area contributed by atoms with Crippen molar-refractivity contribution >= 4 is 32.7 Å². The third kappa shape index (κ3) is 4.62. The first-order chi connectivity index (χ1) is 9.88. The Kier molecular flexibility index (Phi) is 5.56. The predicted molar refractivity (Wildman–Crippen MR) is 89.4 cm³/mol. The van der Waals surface area contributed by atoms with E-state index in [9.17, 15) is 8.42 Å². The van der Waals surface area contributed by atoms with Crippen LogP contribution in [0.5, 0.6) is 0 Å². The molecule has 0 amide bonds. The van der Waals surface area contributed by atoms with E-state index in [1.165, 1.54) is 11.3 Å². The van der Waals surface area contributed by atoms with Gasteiger partial charge in [0.05, 0.1) is 4.90 Å². The van der Waals surface area contributed by atoms with Crippen molar-refractivity contribution in [1.29, 1.82) is 0 Å². The number of rotatable bonds is 7. The lowest BCUT2D eigenvalue weighted by Crippen LogP contribution is -2.26. The highest BCUT2D eigenvalue weighted by atomic mass is 32.2. The van der Waals surface area contributed by atoms with Gasteiger partial charge in [-0.3, -0.25) is 0 Å². The van der Waals surface area contributed by atoms with Crippen LogP contribution in [-0.2, 0) is 16.6 Å². The Morgan fingerprint density at radius 3 is 2.62 bits per heavy atom. The van der Waals surface area contributed by atoms with Crippen LogP contribution in [0.2, 0.25) is 0 Å². The van der Waals surface area contributed by atoms with Gasteiger partial charge in [-0.1, -0.05) is 13.8 Å². The Bertz CT molecular complexity index is 660. The van der Waals surface area contributed by atoms with E-state index in [1.807, 2.05) is 23.8 Å². The summed E-state index contributed by atoms with van der Waals surface area (Å²) >= 11 is 3.03. The molecule has 2 rings (SSSR count). The molecule has 0 saturated heterocycles. The van der Waals surface area contributed by atoms with Crippen molar-refractivity contribution in [3.8, 4) is 0 Å². The number of hydrogen-bond acceptors (Lipinski definition) is 5. The van der Waals surface area contributed by atoms with Gasteiger partial charge in [0.2, 0.25) is 10.0 Å². The molecule has 0 saturated carbocycles. The van der Waals surface area contributed by atoms with Crippen LogP contribution >= 0.6 is 22.7 Å². The highest BCUT2D eigenvalue weighted by Gasteiger charge is 2.20. The fourth-order valence-electron chi connectivity index (χ4n) is 1.79. The van der Waals surface area contributed by atoms with E-state index in [4.69, 9.17) is 0 Å². The summed E-state index contributed by atoms with van der Waals surface area (Å²) in [5.41, 5.74) is 0.987. The van der Waals surface area contributed by atoms with E-state index in [0.717, 1.165) is 10.4 Å². The minimum absolute atomic E-state index is 0.224. The van der Waals surface area contributed by atoms with Gasteiger partial charge in [0, 0.05) is 28.9 Å². The molecule has 7 heteroatoms. The quantitative estimate of drug-likeness (QED) is 0.810. The van der Waals surface area contributed by atoms with Crippen molar-refractivity contribution in [2.75, 3.05) is 0 Å². The summed E-state index contributed by atoms with van der Waals surface area (Å²) in [6.45, 7) is 6.68. The average Bonchev–Trinajstić information content (AvgIpc) is 3.07. The van der Waals surface area contributed by atoms with Crippen LogP contribution in [-0.4, -0.2) is 14.5 Å². The minimum Gasteiger partial charge on any atom is -0.310 e. The molecular formula is C14H20N2O2S3. The molecule has 1 unspecified atom stereocenters. The molecule has 4 nitrogen and oxygen atoms in total. The lowest BCUT2D eigenvalue weighted by atomic mass is 10.2. The van der Waals surface area contributed by atoms with E-state index in [0.29, 0.717) is 17.5 Å². The Morgan fingerprint density at radius 1 is 1.24 bits per heavy atom. The first-order valence-electron chi connectivity index (χ1n) is 6.73. The summed E-state index contributed by atoms with van der Waals surface area (Å²) in [6, 6.07) is 3.83. The van der Waals surface area contributed by atoms with Gasteiger partial charge in [0.1, 0.15) is 0 Å². The number of sulfonamides is 1. The van der Waals surface area contributed by atoms with Gasteiger partial charge < -0.3 is 5.32 Å². The number of thiophene rings is 2. The summed E-state index contributed by atoms with van der Waals surface area (Å²) in [5, 5.41) is 8.88. The van der Waals surface area contributed by atoms with Crippen molar-refractivity contribution in [3.63, 3.8) is 0 Å². The van der Waals surface area contributed by atoms with Crippen LogP contribution in [0.1, 0.15) is 37.3 Å². The van der Waals surface area contributed by atoms with Crippen LogP contribution in [0.25, 0.3) is 0 Å². The standard InChI is InChI=1S/C14H20N2O2S3/c1-10(2)15-7-13-6-14(9-20-13)21(17,18)16-11(3)12-4-5-19-8-12/h4-6,8-11,15-16H,7H2,1-3H3. The SMILES string of the molecule is CC(C)NCc1cc(S(=O)(=O)NC(C)c2ccsc2)cs1. The van der Waals surface area contributed by atoms with E-state index in [1.54, 1.807) is 22.8 Å². The number of nitrogens with one attached hydrogen (secondary N) is 2. The van der Waals surface area contributed by atoms with Gasteiger partial charge in [0.15, 0.2) is 0 Å². The largest absolute Gasteiger partial charge is 0.310 e. The molecule has 2 heterocycles. The summed E-state index contributed by atoms with van der Waals surface area (Å²) in [6.07, 6.45) is 0. The average molecular weight is 345 g/mol.